The second-order valence-corrected chi connectivity index (χ2v) is 8.14. The zero-order valence-corrected chi connectivity index (χ0v) is 18.4. The van der Waals surface area contributed by atoms with E-state index in [0.717, 1.165) is 38.9 Å². The van der Waals surface area contributed by atoms with Gasteiger partial charge in [-0.05, 0) is 25.7 Å². The molecular weight excluding hydrogens is 332 g/mol. The lowest BCUT2D eigenvalue weighted by atomic mass is 9.99. The van der Waals surface area contributed by atoms with Crippen LogP contribution in [0.15, 0.2) is 0 Å². The lowest BCUT2D eigenvalue weighted by Gasteiger charge is -2.32. The molecule has 0 bridgehead atoms. The van der Waals surface area contributed by atoms with Gasteiger partial charge in [-0.2, -0.15) is 0 Å². The normalized spacial score (nSPS) is 19.6. The van der Waals surface area contributed by atoms with Crippen molar-refractivity contribution < 1.29 is 9.47 Å². The topological polar surface area (TPSA) is 18.5 Å². The second kappa shape index (κ2) is 18.8. The van der Waals surface area contributed by atoms with Crippen molar-refractivity contribution in [3.05, 3.63) is 0 Å². The molecule has 0 N–H and O–H groups in total. The van der Waals surface area contributed by atoms with Crippen LogP contribution in [0.3, 0.4) is 0 Å². The highest BCUT2D eigenvalue weighted by Gasteiger charge is 2.25. The minimum absolute atomic E-state index is 0.301. The van der Waals surface area contributed by atoms with Crippen molar-refractivity contribution in [2.45, 2.75) is 135 Å². The minimum Gasteiger partial charge on any atom is -0.373 e. The zero-order chi connectivity index (χ0) is 19.4. The lowest BCUT2D eigenvalue weighted by Crippen LogP contribution is -2.38. The van der Waals surface area contributed by atoms with Crippen molar-refractivity contribution in [1.29, 1.82) is 0 Å². The molecule has 158 valence electrons. The lowest BCUT2D eigenvalue weighted by molar-refractivity contribution is -0.144. The van der Waals surface area contributed by atoms with Crippen molar-refractivity contribution >= 4 is 0 Å². The van der Waals surface area contributed by atoms with E-state index in [1.807, 2.05) is 0 Å². The summed E-state index contributed by atoms with van der Waals surface area (Å²) in [4.78, 5) is 0. The summed E-state index contributed by atoms with van der Waals surface area (Å²) in [6.07, 6.45) is 22.3. The van der Waals surface area contributed by atoms with E-state index in [4.69, 9.17) is 9.47 Å². The van der Waals surface area contributed by atoms with Gasteiger partial charge in [-0.1, -0.05) is 84.5 Å². The van der Waals surface area contributed by atoms with Gasteiger partial charge in [0.1, 0.15) is 0 Å². The van der Waals surface area contributed by atoms with Gasteiger partial charge in [0.2, 0.25) is 0 Å². The molecule has 0 aliphatic carbocycles. The largest absolute Gasteiger partial charge is 0.373 e. The molecule has 2 atom stereocenters. The molecule has 0 spiro atoms. The summed E-state index contributed by atoms with van der Waals surface area (Å²) in [5.41, 5.74) is 0. The fourth-order valence-electron chi connectivity index (χ4n) is 3.84. The Morgan fingerprint density at radius 2 is 1.00 bits per heavy atom. The summed E-state index contributed by atoms with van der Waals surface area (Å²) in [6.45, 7) is 6.08. The monoisotopic (exact) mass is 378 g/mol. The first-order valence-electron chi connectivity index (χ1n) is 12.1. The third kappa shape index (κ3) is 14.2. The van der Waals surface area contributed by atoms with Gasteiger partial charge in [0.05, 0.1) is 25.4 Å². The van der Waals surface area contributed by atoms with Gasteiger partial charge in [0, 0.05) is 12.8 Å². The highest BCUT2D eigenvalue weighted by Crippen LogP contribution is 2.21. The molecule has 0 radical (unpaired) electrons. The third-order valence-electron chi connectivity index (χ3n) is 5.57. The van der Waals surface area contributed by atoms with Crippen molar-refractivity contribution in [3.8, 4) is 11.8 Å². The predicted molar refractivity (Wildman–Crippen MR) is 117 cm³/mol. The van der Waals surface area contributed by atoms with E-state index in [1.54, 1.807) is 0 Å². The van der Waals surface area contributed by atoms with Crippen LogP contribution in [0.1, 0.15) is 123 Å². The number of unbranched alkanes of at least 4 members (excludes halogenated alkanes) is 12. The van der Waals surface area contributed by atoms with Gasteiger partial charge in [-0.15, -0.1) is 11.8 Å². The molecule has 1 heterocycles. The molecule has 1 rings (SSSR count). The summed E-state index contributed by atoms with van der Waals surface area (Å²) in [5, 5.41) is 0. The average molecular weight is 379 g/mol. The molecule has 0 aromatic rings. The molecule has 0 aromatic heterocycles. The Hall–Kier alpha value is -0.520. The predicted octanol–water partition coefficient (Wildman–Crippen LogP) is 7.45. The Labute approximate surface area is 170 Å². The van der Waals surface area contributed by atoms with Crippen LogP contribution < -0.4 is 0 Å². The maximum Gasteiger partial charge on any atom is 0.0838 e. The van der Waals surface area contributed by atoms with Crippen molar-refractivity contribution in [2.75, 3.05) is 13.2 Å². The molecule has 2 nitrogen and oxygen atoms in total. The number of hydrogen-bond acceptors (Lipinski definition) is 2. The summed E-state index contributed by atoms with van der Waals surface area (Å²) in [5.74, 6) is 6.73. The van der Waals surface area contributed by atoms with Gasteiger partial charge in [0.25, 0.3) is 0 Å². The van der Waals surface area contributed by atoms with Crippen LogP contribution in [-0.4, -0.2) is 25.4 Å². The number of rotatable bonds is 16. The molecule has 1 fully saturated rings. The third-order valence-corrected chi connectivity index (χ3v) is 5.57. The van der Waals surface area contributed by atoms with Crippen LogP contribution in [0, 0.1) is 11.8 Å². The Balaban J connectivity index is 2.03. The van der Waals surface area contributed by atoms with E-state index >= 15 is 0 Å². The van der Waals surface area contributed by atoms with Gasteiger partial charge in [-0.3, -0.25) is 0 Å². The van der Waals surface area contributed by atoms with E-state index in [1.165, 1.54) is 83.5 Å². The standard InChI is InChI=1S/C25H46O2/c1-3-5-7-9-11-12-13-14-15-17-19-21-25-24(26-22-23-27-25)20-18-16-10-8-6-4-2/h24-25H,3-13,16-23H2,1-2H3. The van der Waals surface area contributed by atoms with Gasteiger partial charge >= 0.3 is 0 Å². The van der Waals surface area contributed by atoms with Gasteiger partial charge in [0.15, 0.2) is 0 Å². The Morgan fingerprint density at radius 1 is 0.556 bits per heavy atom. The van der Waals surface area contributed by atoms with Gasteiger partial charge < -0.3 is 9.47 Å². The molecule has 2 unspecified atom stereocenters. The quantitative estimate of drug-likeness (QED) is 0.205. The van der Waals surface area contributed by atoms with Crippen LogP contribution in [0.5, 0.6) is 0 Å². The summed E-state index contributed by atoms with van der Waals surface area (Å²) < 4.78 is 12.0. The van der Waals surface area contributed by atoms with Crippen LogP contribution in [0.2, 0.25) is 0 Å². The Morgan fingerprint density at radius 3 is 1.59 bits per heavy atom. The van der Waals surface area contributed by atoms with E-state index in [0.29, 0.717) is 12.2 Å². The highest BCUT2D eigenvalue weighted by atomic mass is 16.6. The fourth-order valence-corrected chi connectivity index (χ4v) is 3.84. The first kappa shape index (κ1) is 24.5. The van der Waals surface area contributed by atoms with Crippen molar-refractivity contribution in [1.82, 2.24) is 0 Å². The molecule has 2 heteroatoms. The molecule has 1 aliphatic heterocycles. The molecule has 27 heavy (non-hydrogen) atoms. The first-order valence-corrected chi connectivity index (χ1v) is 12.1. The molecule has 0 aromatic carbocycles. The van der Waals surface area contributed by atoms with Crippen molar-refractivity contribution in [3.63, 3.8) is 0 Å². The van der Waals surface area contributed by atoms with E-state index < -0.39 is 0 Å². The highest BCUT2D eigenvalue weighted by molar-refractivity contribution is 4.98. The van der Waals surface area contributed by atoms with Gasteiger partial charge in [-0.25, -0.2) is 0 Å². The minimum atomic E-state index is 0.301. The molecule has 1 saturated heterocycles. The van der Waals surface area contributed by atoms with Crippen molar-refractivity contribution in [2.24, 2.45) is 0 Å². The maximum absolute atomic E-state index is 6.01. The SMILES string of the molecule is CCCCCCCCC#CCCCC1OCCOC1CCCCCCCC. The van der Waals surface area contributed by atoms with E-state index in [-0.39, 0.29) is 0 Å². The molecule has 0 saturated carbocycles. The summed E-state index contributed by atoms with van der Waals surface area (Å²) >= 11 is 0. The fraction of sp³-hybridized carbons (Fsp3) is 0.920. The average Bonchev–Trinajstić information content (AvgIpc) is 2.69. The van der Waals surface area contributed by atoms with Crippen LogP contribution in [0.4, 0.5) is 0 Å². The smallest absolute Gasteiger partial charge is 0.0838 e. The molecular formula is C25H46O2. The zero-order valence-electron chi connectivity index (χ0n) is 18.4. The van der Waals surface area contributed by atoms with Crippen LogP contribution >= 0.6 is 0 Å². The van der Waals surface area contributed by atoms with Crippen LogP contribution in [-0.2, 0) is 9.47 Å². The van der Waals surface area contributed by atoms with Crippen LogP contribution in [0.25, 0.3) is 0 Å². The Bertz CT molecular complexity index is 368. The maximum atomic E-state index is 6.01. The van der Waals surface area contributed by atoms with E-state index in [9.17, 15) is 0 Å². The number of ether oxygens (including phenoxy) is 2. The van der Waals surface area contributed by atoms with E-state index in [2.05, 4.69) is 25.7 Å². The summed E-state index contributed by atoms with van der Waals surface area (Å²) in [7, 11) is 0. The molecule has 1 aliphatic rings. The second-order valence-electron chi connectivity index (χ2n) is 8.14. The first-order chi connectivity index (χ1) is 13.4. The molecule has 0 amide bonds. The Kier molecular flexibility index (Phi) is 17.1. The number of hydrogen-bond donors (Lipinski definition) is 0. The summed E-state index contributed by atoms with van der Waals surface area (Å²) in [6, 6.07) is 0.